The number of rotatable bonds is 3. The third kappa shape index (κ3) is 3.12. The standard InChI is InChI=1S/C11H14N4O5/c16-8(17)6-14-1-3-15(4-2-14)10(19)7-5-12-11(20)13-9(7)18/h5H,1-4,6H2,(H,16,17)(H2,12,13,18,20). The van der Waals surface area contributed by atoms with Crippen LogP contribution in [0, 0.1) is 0 Å². The molecule has 0 spiro atoms. The summed E-state index contributed by atoms with van der Waals surface area (Å²) in [7, 11) is 0. The van der Waals surface area contributed by atoms with Gasteiger partial charge in [0.15, 0.2) is 0 Å². The Morgan fingerprint density at radius 3 is 2.40 bits per heavy atom. The Bertz CT molecular complexity index is 626. The summed E-state index contributed by atoms with van der Waals surface area (Å²) in [4.78, 5) is 52.5. The van der Waals surface area contributed by atoms with Crippen molar-refractivity contribution in [1.29, 1.82) is 0 Å². The van der Waals surface area contributed by atoms with Gasteiger partial charge in [-0.1, -0.05) is 0 Å². The van der Waals surface area contributed by atoms with E-state index in [2.05, 4.69) is 4.98 Å². The molecule has 1 saturated heterocycles. The number of carbonyl (C=O) groups is 2. The molecule has 1 aromatic heterocycles. The van der Waals surface area contributed by atoms with Gasteiger partial charge in [-0.3, -0.25) is 24.3 Å². The van der Waals surface area contributed by atoms with Crippen LogP contribution in [-0.4, -0.2) is 69.5 Å². The number of nitrogens with zero attached hydrogens (tertiary/aromatic N) is 2. The van der Waals surface area contributed by atoms with Crippen molar-refractivity contribution >= 4 is 11.9 Å². The first-order chi connectivity index (χ1) is 9.47. The predicted molar refractivity (Wildman–Crippen MR) is 67.7 cm³/mol. The Kier molecular flexibility index (Phi) is 3.99. The van der Waals surface area contributed by atoms with Gasteiger partial charge in [0.25, 0.3) is 11.5 Å². The fraction of sp³-hybridized carbons (Fsp3) is 0.455. The number of amides is 1. The second kappa shape index (κ2) is 5.70. The normalized spacial score (nSPS) is 16.1. The van der Waals surface area contributed by atoms with Gasteiger partial charge in [-0.05, 0) is 0 Å². The highest BCUT2D eigenvalue weighted by molar-refractivity contribution is 5.93. The van der Waals surface area contributed by atoms with Gasteiger partial charge in [-0.15, -0.1) is 0 Å². The van der Waals surface area contributed by atoms with Crippen LogP contribution in [0.25, 0.3) is 0 Å². The molecule has 0 aromatic carbocycles. The van der Waals surface area contributed by atoms with Gasteiger partial charge < -0.3 is 15.0 Å². The number of piperazine rings is 1. The second-order valence-corrected chi connectivity index (χ2v) is 4.45. The van der Waals surface area contributed by atoms with Gasteiger partial charge >= 0.3 is 11.7 Å². The summed E-state index contributed by atoms with van der Waals surface area (Å²) >= 11 is 0. The summed E-state index contributed by atoms with van der Waals surface area (Å²) < 4.78 is 0. The molecule has 0 aliphatic carbocycles. The van der Waals surface area contributed by atoms with Crippen LogP contribution >= 0.6 is 0 Å². The third-order valence-electron chi connectivity index (χ3n) is 3.07. The molecule has 0 radical (unpaired) electrons. The summed E-state index contributed by atoms with van der Waals surface area (Å²) in [5, 5.41) is 8.68. The Labute approximate surface area is 112 Å². The molecule has 0 saturated carbocycles. The van der Waals surface area contributed by atoms with Crippen LogP contribution in [0.3, 0.4) is 0 Å². The molecule has 1 amide bonds. The molecule has 20 heavy (non-hydrogen) atoms. The molecule has 9 heteroatoms. The molecule has 3 N–H and O–H groups in total. The van der Waals surface area contributed by atoms with Crippen LogP contribution in [0.15, 0.2) is 15.8 Å². The van der Waals surface area contributed by atoms with Crippen LogP contribution in [-0.2, 0) is 4.79 Å². The lowest BCUT2D eigenvalue weighted by molar-refractivity contribution is -0.138. The van der Waals surface area contributed by atoms with Crippen molar-refractivity contribution in [3.05, 3.63) is 32.6 Å². The second-order valence-electron chi connectivity index (χ2n) is 4.45. The minimum atomic E-state index is -0.915. The molecule has 0 unspecified atom stereocenters. The zero-order chi connectivity index (χ0) is 14.7. The van der Waals surface area contributed by atoms with E-state index >= 15 is 0 Å². The number of aromatic amines is 2. The Balaban J connectivity index is 2.03. The fourth-order valence-corrected chi connectivity index (χ4v) is 2.04. The number of nitrogens with one attached hydrogen (secondary N) is 2. The molecule has 1 aliphatic heterocycles. The SMILES string of the molecule is O=C(O)CN1CCN(C(=O)c2c[nH]c(=O)[nH]c2=O)CC1. The van der Waals surface area contributed by atoms with E-state index in [0.29, 0.717) is 26.2 Å². The van der Waals surface area contributed by atoms with E-state index in [4.69, 9.17) is 5.11 Å². The third-order valence-corrected chi connectivity index (χ3v) is 3.07. The molecule has 1 aliphatic rings. The molecule has 108 valence electrons. The monoisotopic (exact) mass is 282 g/mol. The zero-order valence-corrected chi connectivity index (χ0v) is 10.6. The van der Waals surface area contributed by atoms with Crippen molar-refractivity contribution < 1.29 is 14.7 Å². The summed E-state index contributed by atoms with van der Waals surface area (Å²) in [6, 6.07) is 0. The van der Waals surface area contributed by atoms with E-state index in [1.165, 1.54) is 4.90 Å². The first kappa shape index (κ1) is 14.0. The number of H-pyrrole nitrogens is 2. The molecule has 1 fully saturated rings. The lowest BCUT2D eigenvalue weighted by Gasteiger charge is -2.33. The van der Waals surface area contributed by atoms with E-state index in [0.717, 1.165) is 6.20 Å². The van der Waals surface area contributed by atoms with Crippen molar-refractivity contribution in [3.63, 3.8) is 0 Å². The first-order valence-corrected chi connectivity index (χ1v) is 6.03. The Morgan fingerprint density at radius 1 is 1.20 bits per heavy atom. The van der Waals surface area contributed by atoms with E-state index < -0.39 is 23.1 Å². The summed E-state index contributed by atoms with van der Waals surface area (Å²) in [5.74, 6) is -1.39. The summed E-state index contributed by atoms with van der Waals surface area (Å²) in [5.41, 5.74) is -1.53. The number of aliphatic carboxylic acids is 1. The topological polar surface area (TPSA) is 127 Å². The lowest BCUT2D eigenvalue weighted by atomic mass is 10.2. The van der Waals surface area contributed by atoms with Crippen molar-refractivity contribution in [2.45, 2.75) is 0 Å². The maximum atomic E-state index is 12.1. The van der Waals surface area contributed by atoms with Crippen LogP contribution in [0.1, 0.15) is 10.4 Å². The van der Waals surface area contributed by atoms with E-state index in [9.17, 15) is 19.2 Å². The Morgan fingerprint density at radius 2 is 1.85 bits per heavy atom. The largest absolute Gasteiger partial charge is 0.480 e. The molecule has 2 rings (SSSR count). The molecule has 1 aromatic rings. The number of carboxylic acid groups (broad SMARTS) is 1. The van der Waals surface area contributed by atoms with Gasteiger partial charge in [-0.2, -0.15) is 0 Å². The molecule has 9 nitrogen and oxygen atoms in total. The van der Waals surface area contributed by atoms with Crippen molar-refractivity contribution in [1.82, 2.24) is 19.8 Å². The maximum Gasteiger partial charge on any atom is 0.325 e. The van der Waals surface area contributed by atoms with E-state index in [1.54, 1.807) is 4.90 Å². The molecule has 0 bridgehead atoms. The first-order valence-electron chi connectivity index (χ1n) is 6.03. The van der Waals surface area contributed by atoms with E-state index in [1.807, 2.05) is 4.98 Å². The number of hydrogen-bond donors (Lipinski definition) is 3. The smallest absolute Gasteiger partial charge is 0.325 e. The zero-order valence-electron chi connectivity index (χ0n) is 10.6. The molecular weight excluding hydrogens is 268 g/mol. The van der Waals surface area contributed by atoms with Gasteiger partial charge in [0.1, 0.15) is 5.56 Å². The van der Waals surface area contributed by atoms with Crippen LogP contribution in [0.5, 0.6) is 0 Å². The number of hydrogen-bond acceptors (Lipinski definition) is 5. The highest BCUT2D eigenvalue weighted by Gasteiger charge is 2.24. The quantitative estimate of drug-likeness (QED) is 0.583. The van der Waals surface area contributed by atoms with Crippen LogP contribution in [0.4, 0.5) is 0 Å². The number of carbonyl (C=O) groups excluding carboxylic acids is 1. The van der Waals surface area contributed by atoms with Crippen molar-refractivity contribution in [2.24, 2.45) is 0 Å². The van der Waals surface area contributed by atoms with Crippen molar-refractivity contribution in [2.75, 3.05) is 32.7 Å². The van der Waals surface area contributed by atoms with Crippen LogP contribution < -0.4 is 11.2 Å². The van der Waals surface area contributed by atoms with Gasteiger partial charge in [0, 0.05) is 32.4 Å². The Hall–Kier alpha value is -2.42. The fourth-order valence-electron chi connectivity index (χ4n) is 2.04. The van der Waals surface area contributed by atoms with Crippen molar-refractivity contribution in [3.8, 4) is 0 Å². The predicted octanol–water partition coefficient (Wildman–Crippen LogP) is -2.09. The lowest BCUT2D eigenvalue weighted by Crippen LogP contribution is -2.50. The number of aromatic nitrogens is 2. The highest BCUT2D eigenvalue weighted by atomic mass is 16.4. The van der Waals surface area contributed by atoms with Gasteiger partial charge in [0.2, 0.25) is 0 Å². The number of carboxylic acids is 1. The summed E-state index contributed by atoms with van der Waals surface area (Å²) in [6.07, 6.45) is 1.09. The van der Waals surface area contributed by atoms with E-state index in [-0.39, 0.29) is 12.1 Å². The minimum absolute atomic E-state index is 0.0682. The van der Waals surface area contributed by atoms with Gasteiger partial charge in [-0.25, -0.2) is 4.79 Å². The summed E-state index contributed by atoms with van der Waals surface area (Å²) in [6.45, 7) is 1.47. The minimum Gasteiger partial charge on any atom is -0.480 e. The van der Waals surface area contributed by atoms with Crippen LogP contribution in [0.2, 0.25) is 0 Å². The molecule has 0 atom stereocenters. The maximum absolute atomic E-state index is 12.1. The average Bonchev–Trinajstić information content (AvgIpc) is 2.38. The molecular formula is C11H14N4O5. The average molecular weight is 282 g/mol. The van der Waals surface area contributed by atoms with Gasteiger partial charge in [0.05, 0.1) is 6.54 Å². The highest BCUT2D eigenvalue weighted by Crippen LogP contribution is 2.05. The molecule has 2 heterocycles.